The van der Waals surface area contributed by atoms with E-state index in [-0.39, 0.29) is 5.91 Å². The van der Waals surface area contributed by atoms with E-state index >= 15 is 0 Å². The molecule has 0 saturated carbocycles. The Kier molecular flexibility index (Phi) is 5.69. The Morgan fingerprint density at radius 3 is 2.91 bits per heavy atom. The number of amides is 1. The van der Waals surface area contributed by atoms with Crippen LogP contribution in [0.25, 0.3) is 5.69 Å². The molecule has 6 heteroatoms. The van der Waals surface area contributed by atoms with Crippen molar-refractivity contribution in [3.8, 4) is 11.8 Å². The monoisotopic (exact) mass is 297 g/mol. The van der Waals surface area contributed by atoms with Gasteiger partial charge in [-0.05, 0) is 19.2 Å². The number of hydrogen-bond donors (Lipinski definition) is 1. The van der Waals surface area contributed by atoms with Crippen LogP contribution in [-0.4, -0.2) is 40.7 Å². The van der Waals surface area contributed by atoms with Crippen LogP contribution in [0.15, 0.2) is 42.7 Å². The number of para-hydroxylation sites is 1. The molecule has 2 rings (SSSR count). The molecule has 0 fully saturated rings. The number of carbonyl (C=O) groups excluding carboxylic acids is 1. The summed E-state index contributed by atoms with van der Waals surface area (Å²) in [5.74, 6) is -0.0757. The highest BCUT2D eigenvalue weighted by Crippen LogP contribution is 2.08. The van der Waals surface area contributed by atoms with E-state index in [2.05, 4.69) is 10.4 Å². The van der Waals surface area contributed by atoms with Crippen molar-refractivity contribution in [1.29, 1.82) is 5.26 Å². The van der Waals surface area contributed by atoms with Gasteiger partial charge in [-0.15, -0.1) is 0 Å². The van der Waals surface area contributed by atoms with Gasteiger partial charge in [0.1, 0.15) is 0 Å². The summed E-state index contributed by atoms with van der Waals surface area (Å²) in [7, 11) is 1.88. The van der Waals surface area contributed by atoms with Gasteiger partial charge in [-0.3, -0.25) is 9.69 Å². The smallest absolute Gasteiger partial charge is 0.234 e. The van der Waals surface area contributed by atoms with Crippen LogP contribution in [0.2, 0.25) is 0 Å². The number of nitriles is 1. The van der Waals surface area contributed by atoms with Gasteiger partial charge in [0.05, 0.1) is 30.9 Å². The second-order valence-corrected chi connectivity index (χ2v) is 5.06. The van der Waals surface area contributed by atoms with Crippen LogP contribution in [0.5, 0.6) is 0 Å². The van der Waals surface area contributed by atoms with Gasteiger partial charge in [-0.25, -0.2) is 4.68 Å². The highest BCUT2D eigenvalue weighted by molar-refractivity contribution is 5.77. The molecule has 0 bridgehead atoms. The molecule has 0 spiro atoms. The standard InChI is InChI=1S/C16H19N5O/c1-20(13-16(22)18-9-5-8-17)11-14-10-19-21(12-14)15-6-3-2-4-7-15/h2-4,6-7,10,12H,5,9,11,13H2,1H3,(H,18,22). The molecule has 0 radical (unpaired) electrons. The molecule has 0 saturated heterocycles. The Labute approximate surface area is 130 Å². The van der Waals surface area contributed by atoms with Crippen LogP contribution in [-0.2, 0) is 11.3 Å². The molecular formula is C16H19N5O. The lowest BCUT2D eigenvalue weighted by molar-refractivity contribution is -0.122. The first kappa shape index (κ1) is 15.7. The highest BCUT2D eigenvalue weighted by atomic mass is 16.2. The van der Waals surface area contributed by atoms with Gasteiger partial charge in [-0.2, -0.15) is 10.4 Å². The molecule has 0 aliphatic heterocycles. The zero-order valence-corrected chi connectivity index (χ0v) is 12.6. The molecule has 2 aromatic rings. The van der Waals surface area contributed by atoms with E-state index < -0.39 is 0 Å². The number of hydrogen-bond acceptors (Lipinski definition) is 4. The van der Waals surface area contributed by atoms with Gasteiger partial charge in [0.15, 0.2) is 0 Å². The number of nitrogens with one attached hydrogen (secondary N) is 1. The fourth-order valence-corrected chi connectivity index (χ4v) is 2.09. The summed E-state index contributed by atoms with van der Waals surface area (Å²) in [6.45, 7) is 1.33. The van der Waals surface area contributed by atoms with Crippen molar-refractivity contribution < 1.29 is 4.79 Å². The zero-order chi connectivity index (χ0) is 15.8. The molecule has 0 aliphatic carbocycles. The Balaban J connectivity index is 1.85. The fraction of sp³-hybridized carbons (Fsp3) is 0.312. The summed E-state index contributed by atoms with van der Waals surface area (Å²) in [5, 5.41) is 15.5. The first-order valence-corrected chi connectivity index (χ1v) is 7.10. The first-order chi connectivity index (χ1) is 10.7. The lowest BCUT2D eigenvalue weighted by Gasteiger charge is -2.14. The normalized spacial score (nSPS) is 10.4. The topological polar surface area (TPSA) is 74.0 Å². The van der Waals surface area contributed by atoms with Gasteiger partial charge in [-0.1, -0.05) is 18.2 Å². The van der Waals surface area contributed by atoms with Gasteiger partial charge in [0, 0.05) is 24.8 Å². The van der Waals surface area contributed by atoms with E-state index in [1.54, 1.807) is 6.20 Å². The molecule has 114 valence electrons. The van der Waals surface area contributed by atoms with Crippen molar-refractivity contribution >= 4 is 5.91 Å². The van der Waals surface area contributed by atoms with Crippen molar-refractivity contribution in [3.05, 3.63) is 48.3 Å². The molecule has 22 heavy (non-hydrogen) atoms. The number of benzene rings is 1. The van der Waals surface area contributed by atoms with Crippen LogP contribution in [0, 0.1) is 11.3 Å². The van der Waals surface area contributed by atoms with E-state index in [4.69, 9.17) is 5.26 Å². The third-order valence-electron chi connectivity index (χ3n) is 3.08. The summed E-state index contributed by atoms with van der Waals surface area (Å²) in [6, 6.07) is 11.9. The molecule has 1 heterocycles. The largest absolute Gasteiger partial charge is 0.354 e. The number of nitrogens with zero attached hydrogens (tertiary/aromatic N) is 4. The van der Waals surface area contributed by atoms with Crippen LogP contribution >= 0.6 is 0 Å². The predicted octanol–water partition coefficient (Wildman–Crippen LogP) is 1.33. The lowest BCUT2D eigenvalue weighted by atomic mass is 10.3. The quantitative estimate of drug-likeness (QED) is 0.783. The molecule has 0 atom stereocenters. The minimum atomic E-state index is -0.0757. The zero-order valence-electron chi connectivity index (χ0n) is 12.6. The van der Waals surface area contributed by atoms with Crippen molar-refractivity contribution in [2.45, 2.75) is 13.0 Å². The molecule has 0 aliphatic rings. The van der Waals surface area contributed by atoms with E-state index in [9.17, 15) is 4.79 Å². The van der Waals surface area contributed by atoms with Crippen molar-refractivity contribution in [2.75, 3.05) is 20.1 Å². The van der Waals surface area contributed by atoms with Crippen molar-refractivity contribution in [1.82, 2.24) is 20.0 Å². The summed E-state index contributed by atoms with van der Waals surface area (Å²) >= 11 is 0. The maximum absolute atomic E-state index is 11.7. The maximum atomic E-state index is 11.7. The molecule has 1 aromatic carbocycles. The Morgan fingerprint density at radius 2 is 2.18 bits per heavy atom. The molecule has 1 aromatic heterocycles. The summed E-state index contributed by atoms with van der Waals surface area (Å²) in [6.07, 6.45) is 4.09. The van der Waals surface area contributed by atoms with E-state index in [0.717, 1.165) is 11.3 Å². The maximum Gasteiger partial charge on any atom is 0.234 e. The number of aromatic nitrogens is 2. The SMILES string of the molecule is CN(CC(=O)NCCC#N)Cc1cnn(-c2ccccc2)c1. The van der Waals surface area contributed by atoms with Gasteiger partial charge >= 0.3 is 0 Å². The molecule has 0 unspecified atom stereocenters. The third kappa shape index (κ3) is 4.72. The Bertz CT molecular complexity index is 644. The summed E-state index contributed by atoms with van der Waals surface area (Å²) in [5.41, 5.74) is 2.04. The molecular weight excluding hydrogens is 278 g/mol. The highest BCUT2D eigenvalue weighted by Gasteiger charge is 2.08. The van der Waals surface area contributed by atoms with E-state index in [1.165, 1.54) is 0 Å². The second kappa shape index (κ2) is 7.96. The Hall–Kier alpha value is -2.65. The average molecular weight is 297 g/mol. The molecule has 1 N–H and O–H groups in total. The van der Waals surface area contributed by atoms with E-state index in [1.807, 2.05) is 59.2 Å². The number of likely N-dealkylation sites (N-methyl/N-ethyl adjacent to an activating group) is 1. The fourth-order valence-electron chi connectivity index (χ4n) is 2.09. The predicted molar refractivity (Wildman–Crippen MR) is 83.1 cm³/mol. The number of carbonyl (C=O) groups is 1. The van der Waals surface area contributed by atoms with Crippen LogP contribution in [0.3, 0.4) is 0 Å². The van der Waals surface area contributed by atoms with Gasteiger partial charge in [0.2, 0.25) is 5.91 Å². The van der Waals surface area contributed by atoms with Gasteiger partial charge < -0.3 is 5.32 Å². The number of rotatable bonds is 7. The average Bonchev–Trinajstić information content (AvgIpc) is 2.96. The summed E-state index contributed by atoms with van der Waals surface area (Å²) < 4.78 is 1.82. The second-order valence-electron chi connectivity index (χ2n) is 5.06. The van der Waals surface area contributed by atoms with Crippen LogP contribution in [0.4, 0.5) is 0 Å². The molecule has 1 amide bonds. The third-order valence-corrected chi connectivity index (χ3v) is 3.08. The Morgan fingerprint density at radius 1 is 1.41 bits per heavy atom. The minimum absolute atomic E-state index is 0.0757. The van der Waals surface area contributed by atoms with Crippen LogP contribution in [0.1, 0.15) is 12.0 Å². The van der Waals surface area contributed by atoms with Crippen molar-refractivity contribution in [2.24, 2.45) is 0 Å². The van der Waals surface area contributed by atoms with Crippen molar-refractivity contribution in [3.63, 3.8) is 0 Å². The lowest BCUT2D eigenvalue weighted by Crippen LogP contribution is -2.35. The summed E-state index contributed by atoms with van der Waals surface area (Å²) in [4.78, 5) is 13.6. The van der Waals surface area contributed by atoms with E-state index in [0.29, 0.717) is 26.1 Å². The van der Waals surface area contributed by atoms with Crippen LogP contribution < -0.4 is 5.32 Å². The molecule has 6 nitrogen and oxygen atoms in total. The minimum Gasteiger partial charge on any atom is -0.354 e. The van der Waals surface area contributed by atoms with Gasteiger partial charge in [0.25, 0.3) is 0 Å². The first-order valence-electron chi connectivity index (χ1n) is 7.10.